The minimum Gasteiger partial charge on any atom is -0.494 e. The first kappa shape index (κ1) is 12.4. The number of nitrogens with one attached hydrogen (secondary N) is 1. The van der Waals surface area contributed by atoms with Crippen molar-refractivity contribution in [2.75, 3.05) is 7.11 Å². The number of hydrogen-bond donors (Lipinski definition) is 1. The molecule has 0 unspecified atom stereocenters. The first-order valence-corrected chi connectivity index (χ1v) is 6.27. The van der Waals surface area contributed by atoms with E-state index in [1.165, 1.54) is 26.4 Å². The Hall–Kier alpha value is -1.09. The lowest BCUT2D eigenvalue weighted by atomic mass is 9.75. The Morgan fingerprint density at radius 3 is 2.71 bits per heavy atom. The second-order valence-electron chi connectivity index (χ2n) is 4.77. The fourth-order valence-electron chi connectivity index (χ4n) is 2.39. The van der Waals surface area contributed by atoms with Crippen molar-refractivity contribution in [3.63, 3.8) is 0 Å². The van der Waals surface area contributed by atoms with Crippen LogP contribution < -0.4 is 10.1 Å². The van der Waals surface area contributed by atoms with Crippen molar-refractivity contribution in [3.05, 3.63) is 29.6 Å². The maximum absolute atomic E-state index is 13.9. The molecule has 1 aromatic carbocycles. The lowest BCUT2D eigenvalue weighted by Crippen LogP contribution is -2.49. The van der Waals surface area contributed by atoms with E-state index in [2.05, 4.69) is 12.2 Å². The van der Waals surface area contributed by atoms with Gasteiger partial charge in [-0.1, -0.05) is 19.1 Å². The van der Waals surface area contributed by atoms with Gasteiger partial charge in [-0.3, -0.25) is 0 Å². The molecule has 2 nitrogen and oxygen atoms in total. The van der Waals surface area contributed by atoms with Gasteiger partial charge in [0.15, 0.2) is 11.6 Å². The fraction of sp³-hybridized carbons (Fsp3) is 0.571. The van der Waals surface area contributed by atoms with Crippen molar-refractivity contribution in [1.29, 1.82) is 0 Å². The third-order valence-electron chi connectivity index (χ3n) is 3.90. The van der Waals surface area contributed by atoms with Crippen LogP contribution >= 0.6 is 0 Å². The molecule has 1 aliphatic rings. The number of hydrogen-bond acceptors (Lipinski definition) is 2. The molecule has 0 spiro atoms. The quantitative estimate of drug-likeness (QED) is 0.848. The largest absolute Gasteiger partial charge is 0.494 e. The summed E-state index contributed by atoms with van der Waals surface area (Å²) in [5.74, 6) is 0.0801. The van der Waals surface area contributed by atoms with E-state index in [1.54, 1.807) is 6.07 Å². The lowest BCUT2D eigenvalue weighted by Gasteiger charge is -2.42. The molecule has 1 fully saturated rings. The highest BCUT2D eigenvalue weighted by Gasteiger charge is 2.34. The third-order valence-corrected chi connectivity index (χ3v) is 3.90. The highest BCUT2D eigenvalue weighted by atomic mass is 19.1. The van der Waals surface area contributed by atoms with Crippen LogP contribution in [0.5, 0.6) is 5.75 Å². The molecule has 1 N–H and O–H groups in total. The summed E-state index contributed by atoms with van der Waals surface area (Å²) < 4.78 is 18.9. The van der Waals surface area contributed by atoms with Crippen LogP contribution in [0.4, 0.5) is 4.39 Å². The van der Waals surface area contributed by atoms with E-state index >= 15 is 0 Å². The molecule has 0 bridgehead atoms. The van der Waals surface area contributed by atoms with Gasteiger partial charge >= 0.3 is 0 Å². The zero-order valence-electron chi connectivity index (χ0n) is 10.6. The Balaban J connectivity index is 2.04. The van der Waals surface area contributed by atoms with Crippen LogP contribution in [-0.4, -0.2) is 12.6 Å². The Morgan fingerprint density at radius 1 is 1.41 bits per heavy atom. The van der Waals surface area contributed by atoms with Crippen molar-refractivity contribution in [2.45, 2.75) is 44.7 Å². The van der Waals surface area contributed by atoms with Crippen molar-refractivity contribution in [3.8, 4) is 5.75 Å². The van der Waals surface area contributed by atoms with E-state index in [4.69, 9.17) is 4.74 Å². The molecule has 0 aromatic heterocycles. The smallest absolute Gasteiger partial charge is 0.169 e. The summed E-state index contributed by atoms with van der Waals surface area (Å²) in [6, 6.07) is 5.29. The van der Waals surface area contributed by atoms with Gasteiger partial charge in [0.1, 0.15) is 0 Å². The highest BCUT2D eigenvalue weighted by Crippen LogP contribution is 2.35. The van der Waals surface area contributed by atoms with Crippen molar-refractivity contribution >= 4 is 0 Å². The Morgan fingerprint density at radius 2 is 2.18 bits per heavy atom. The Kier molecular flexibility index (Phi) is 3.67. The monoisotopic (exact) mass is 237 g/mol. The van der Waals surface area contributed by atoms with E-state index in [-0.39, 0.29) is 11.4 Å². The number of ether oxygens (including phenoxy) is 1. The fourth-order valence-corrected chi connectivity index (χ4v) is 2.39. The third kappa shape index (κ3) is 2.44. The summed E-state index contributed by atoms with van der Waals surface area (Å²) in [4.78, 5) is 0. The van der Waals surface area contributed by atoms with Crippen LogP contribution in [-0.2, 0) is 6.54 Å². The molecule has 0 saturated heterocycles. The first-order valence-electron chi connectivity index (χ1n) is 6.27. The van der Waals surface area contributed by atoms with Crippen molar-refractivity contribution in [1.82, 2.24) is 5.32 Å². The zero-order chi connectivity index (χ0) is 12.3. The van der Waals surface area contributed by atoms with Gasteiger partial charge in [0.05, 0.1) is 7.11 Å². The molecule has 17 heavy (non-hydrogen) atoms. The van der Waals surface area contributed by atoms with Gasteiger partial charge < -0.3 is 10.1 Å². The van der Waals surface area contributed by atoms with E-state index in [1.807, 2.05) is 12.1 Å². The molecule has 1 aliphatic carbocycles. The molecular weight excluding hydrogens is 217 g/mol. The Bertz CT molecular complexity index is 382. The molecule has 0 radical (unpaired) electrons. The molecule has 1 aromatic rings. The number of methoxy groups -OCH3 is 1. The predicted molar refractivity (Wildman–Crippen MR) is 66.7 cm³/mol. The van der Waals surface area contributed by atoms with E-state index in [0.717, 1.165) is 6.42 Å². The highest BCUT2D eigenvalue weighted by molar-refractivity contribution is 5.31. The average molecular weight is 237 g/mol. The topological polar surface area (TPSA) is 21.3 Å². The van der Waals surface area contributed by atoms with Gasteiger partial charge in [0, 0.05) is 17.6 Å². The van der Waals surface area contributed by atoms with Gasteiger partial charge in [-0.05, 0) is 31.7 Å². The van der Waals surface area contributed by atoms with Gasteiger partial charge in [0.2, 0.25) is 0 Å². The summed E-state index contributed by atoms with van der Waals surface area (Å²) in [6.07, 6.45) is 4.80. The minimum absolute atomic E-state index is 0.243. The van der Waals surface area contributed by atoms with Gasteiger partial charge in [0.25, 0.3) is 0 Å². The van der Waals surface area contributed by atoms with Crippen LogP contribution in [0.25, 0.3) is 0 Å². The molecule has 2 rings (SSSR count). The maximum atomic E-state index is 13.9. The van der Waals surface area contributed by atoms with Gasteiger partial charge in [-0.25, -0.2) is 4.39 Å². The minimum atomic E-state index is -0.243. The summed E-state index contributed by atoms with van der Waals surface area (Å²) in [7, 11) is 1.50. The SMILES string of the molecule is CCC1(NCc2cccc(OC)c2F)CCC1. The first-order chi connectivity index (χ1) is 8.21. The molecule has 3 heteroatoms. The summed E-state index contributed by atoms with van der Waals surface area (Å²) >= 11 is 0. The van der Waals surface area contributed by atoms with Gasteiger partial charge in [-0.15, -0.1) is 0 Å². The van der Waals surface area contributed by atoms with E-state index in [0.29, 0.717) is 17.9 Å². The molecule has 1 saturated carbocycles. The second kappa shape index (κ2) is 5.05. The van der Waals surface area contributed by atoms with Crippen LogP contribution in [0.15, 0.2) is 18.2 Å². The maximum Gasteiger partial charge on any atom is 0.169 e. The molecule has 0 atom stereocenters. The van der Waals surface area contributed by atoms with Crippen LogP contribution in [0.3, 0.4) is 0 Å². The normalized spacial score (nSPS) is 17.6. The molecule has 0 heterocycles. The summed E-state index contributed by atoms with van der Waals surface area (Å²) in [5, 5.41) is 3.50. The van der Waals surface area contributed by atoms with E-state index in [9.17, 15) is 4.39 Å². The number of halogens is 1. The molecule has 0 amide bonds. The zero-order valence-corrected chi connectivity index (χ0v) is 10.6. The second-order valence-corrected chi connectivity index (χ2v) is 4.77. The number of rotatable bonds is 5. The van der Waals surface area contributed by atoms with Crippen molar-refractivity contribution in [2.24, 2.45) is 0 Å². The van der Waals surface area contributed by atoms with E-state index < -0.39 is 0 Å². The van der Waals surface area contributed by atoms with Gasteiger partial charge in [-0.2, -0.15) is 0 Å². The Labute approximate surface area is 102 Å². The standard InChI is InChI=1S/C14H20FNO/c1-3-14(8-5-9-14)16-10-11-6-4-7-12(17-2)13(11)15/h4,6-7,16H,3,5,8-10H2,1-2H3. The summed E-state index contributed by atoms with van der Waals surface area (Å²) in [6.45, 7) is 2.77. The molecule has 0 aliphatic heterocycles. The van der Waals surface area contributed by atoms with Crippen LogP contribution in [0.1, 0.15) is 38.2 Å². The lowest BCUT2D eigenvalue weighted by molar-refractivity contribution is 0.174. The van der Waals surface area contributed by atoms with Crippen LogP contribution in [0, 0.1) is 5.82 Å². The average Bonchev–Trinajstić information content (AvgIpc) is 2.30. The van der Waals surface area contributed by atoms with Crippen LogP contribution in [0.2, 0.25) is 0 Å². The summed E-state index contributed by atoms with van der Waals surface area (Å²) in [5.41, 5.74) is 0.930. The van der Waals surface area contributed by atoms with Crippen molar-refractivity contribution < 1.29 is 9.13 Å². The molecule has 94 valence electrons. The predicted octanol–water partition coefficient (Wildman–Crippen LogP) is 3.26. The number of benzene rings is 1. The molecular formula is C14H20FNO.